The Morgan fingerprint density at radius 3 is 2.00 bits per heavy atom. The molecular weight excluding hydrogens is 184 g/mol. The van der Waals surface area contributed by atoms with E-state index in [1.807, 2.05) is 0 Å². The first-order valence-corrected chi connectivity index (χ1v) is 6.15. The molecule has 3 N–H and O–H groups in total. The molecule has 2 nitrogen and oxygen atoms in total. The lowest BCUT2D eigenvalue weighted by molar-refractivity contribution is 0.401. The Morgan fingerprint density at radius 2 is 1.67 bits per heavy atom. The van der Waals surface area contributed by atoms with E-state index in [1.54, 1.807) is 0 Å². The fourth-order valence-corrected chi connectivity index (χ4v) is 2.47. The lowest BCUT2D eigenvalue weighted by Crippen LogP contribution is -2.46. The summed E-state index contributed by atoms with van der Waals surface area (Å²) >= 11 is 0. The van der Waals surface area contributed by atoms with Crippen molar-refractivity contribution >= 4 is 0 Å². The summed E-state index contributed by atoms with van der Waals surface area (Å²) < 4.78 is 0. The average Bonchev–Trinajstić information content (AvgIpc) is 2.47. The topological polar surface area (TPSA) is 38.0 Å². The van der Waals surface area contributed by atoms with Crippen LogP contribution in [0.3, 0.4) is 0 Å². The lowest BCUT2D eigenvalue weighted by Gasteiger charge is -2.23. The second-order valence-electron chi connectivity index (χ2n) is 6.63. The molecule has 1 atom stereocenters. The minimum absolute atomic E-state index is 0.0524. The fourth-order valence-electron chi connectivity index (χ4n) is 2.47. The van der Waals surface area contributed by atoms with Crippen LogP contribution in [-0.4, -0.2) is 18.6 Å². The van der Waals surface area contributed by atoms with Gasteiger partial charge < -0.3 is 11.1 Å². The molecule has 1 aliphatic rings. The Bertz CT molecular complexity index is 215. The highest BCUT2D eigenvalue weighted by Gasteiger charge is 2.63. The normalized spacial score (nSPS) is 27.4. The molecular formula is C13H28N2. The standard InChI is InChI=1S/C13H28N2/c1-7-13(6,14)9-15-8-10-11(2,3)12(10,4)5/h10,15H,7-9,14H2,1-6H3. The van der Waals surface area contributed by atoms with Crippen molar-refractivity contribution in [3.05, 3.63) is 0 Å². The second-order valence-corrected chi connectivity index (χ2v) is 6.63. The first-order chi connectivity index (χ1) is 6.65. The maximum Gasteiger partial charge on any atom is 0.0249 e. The predicted molar refractivity (Wildman–Crippen MR) is 66.8 cm³/mol. The Kier molecular flexibility index (Phi) is 3.24. The quantitative estimate of drug-likeness (QED) is 0.734. The Labute approximate surface area is 95.0 Å². The van der Waals surface area contributed by atoms with Crippen LogP contribution in [0, 0.1) is 16.7 Å². The molecule has 0 radical (unpaired) electrons. The second kappa shape index (κ2) is 3.74. The maximum absolute atomic E-state index is 6.10. The van der Waals surface area contributed by atoms with Crippen molar-refractivity contribution in [2.75, 3.05) is 13.1 Å². The largest absolute Gasteiger partial charge is 0.324 e. The average molecular weight is 212 g/mol. The summed E-state index contributed by atoms with van der Waals surface area (Å²) in [6, 6.07) is 0. The number of nitrogens with one attached hydrogen (secondary N) is 1. The van der Waals surface area contributed by atoms with Crippen molar-refractivity contribution < 1.29 is 0 Å². The molecule has 1 unspecified atom stereocenters. The zero-order chi connectivity index (χ0) is 11.9. The van der Waals surface area contributed by atoms with Gasteiger partial charge >= 0.3 is 0 Å². The molecule has 0 saturated heterocycles. The minimum atomic E-state index is -0.0524. The van der Waals surface area contributed by atoms with Gasteiger partial charge in [-0.15, -0.1) is 0 Å². The molecule has 1 aliphatic carbocycles. The molecule has 90 valence electrons. The van der Waals surface area contributed by atoms with Crippen molar-refractivity contribution in [3.63, 3.8) is 0 Å². The van der Waals surface area contributed by atoms with Gasteiger partial charge in [-0.3, -0.25) is 0 Å². The summed E-state index contributed by atoms with van der Waals surface area (Å²) in [5, 5.41) is 3.52. The molecule has 0 spiro atoms. The van der Waals surface area contributed by atoms with Gasteiger partial charge in [0.15, 0.2) is 0 Å². The molecule has 1 fully saturated rings. The van der Waals surface area contributed by atoms with Crippen LogP contribution < -0.4 is 11.1 Å². The van der Waals surface area contributed by atoms with Gasteiger partial charge in [0, 0.05) is 12.1 Å². The van der Waals surface area contributed by atoms with Gasteiger partial charge in [0.2, 0.25) is 0 Å². The number of rotatable bonds is 5. The van der Waals surface area contributed by atoms with E-state index in [4.69, 9.17) is 5.73 Å². The highest BCUT2D eigenvalue weighted by Crippen LogP contribution is 2.67. The molecule has 0 amide bonds. The number of hydrogen-bond acceptors (Lipinski definition) is 2. The molecule has 0 aromatic rings. The smallest absolute Gasteiger partial charge is 0.0249 e. The van der Waals surface area contributed by atoms with Crippen LogP contribution >= 0.6 is 0 Å². The minimum Gasteiger partial charge on any atom is -0.324 e. The van der Waals surface area contributed by atoms with Crippen LogP contribution in [0.1, 0.15) is 48.0 Å². The van der Waals surface area contributed by atoms with E-state index in [2.05, 4.69) is 46.9 Å². The summed E-state index contributed by atoms with van der Waals surface area (Å²) in [5.74, 6) is 0.789. The molecule has 0 bridgehead atoms. The Morgan fingerprint density at radius 1 is 1.20 bits per heavy atom. The van der Waals surface area contributed by atoms with Crippen molar-refractivity contribution in [2.24, 2.45) is 22.5 Å². The van der Waals surface area contributed by atoms with Gasteiger partial charge in [-0.25, -0.2) is 0 Å². The third-order valence-corrected chi connectivity index (χ3v) is 5.00. The molecule has 1 saturated carbocycles. The lowest BCUT2D eigenvalue weighted by atomic mass is 10.0. The highest BCUT2D eigenvalue weighted by atomic mass is 15.0. The van der Waals surface area contributed by atoms with Crippen molar-refractivity contribution in [1.29, 1.82) is 0 Å². The summed E-state index contributed by atoms with van der Waals surface area (Å²) in [5.41, 5.74) is 7.01. The summed E-state index contributed by atoms with van der Waals surface area (Å²) in [6.45, 7) is 15.7. The van der Waals surface area contributed by atoms with E-state index in [9.17, 15) is 0 Å². The molecule has 0 heterocycles. The summed E-state index contributed by atoms with van der Waals surface area (Å²) in [6.07, 6.45) is 1.03. The molecule has 0 aliphatic heterocycles. The van der Waals surface area contributed by atoms with Gasteiger partial charge in [-0.05, 0) is 36.6 Å². The van der Waals surface area contributed by atoms with E-state index in [0.717, 1.165) is 25.4 Å². The summed E-state index contributed by atoms with van der Waals surface area (Å²) in [7, 11) is 0. The monoisotopic (exact) mass is 212 g/mol. The molecule has 0 aromatic carbocycles. The van der Waals surface area contributed by atoms with Crippen LogP contribution in [0.2, 0.25) is 0 Å². The van der Waals surface area contributed by atoms with Crippen LogP contribution in [-0.2, 0) is 0 Å². The zero-order valence-corrected chi connectivity index (χ0v) is 11.3. The van der Waals surface area contributed by atoms with E-state index in [1.165, 1.54) is 0 Å². The van der Waals surface area contributed by atoms with E-state index in [0.29, 0.717) is 10.8 Å². The van der Waals surface area contributed by atoms with Gasteiger partial charge in [-0.2, -0.15) is 0 Å². The molecule has 2 heteroatoms. The van der Waals surface area contributed by atoms with Crippen LogP contribution in [0.25, 0.3) is 0 Å². The number of nitrogens with two attached hydrogens (primary N) is 1. The van der Waals surface area contributed by atoms with Gasteiger partial charge in [0.05, 0.1) is 0 Å². The van der Waals surface area contributed by atoms with Crippen molar-refractivity contribution in [2.45, 2.75) is 53.5 Å². The Hall–Kier alpha value is -0.0800. The first kappa shape index (κ1) is 13.0. The van der Waals surface area contributed by atoms with Gasteiger partial charge in [0.1, 0.15) is 0 Å². The van der Waals surface area contributed by atoms with E-state index in [-0.39, 0.29) is 5.54 Å². The predicted octanol–water partition coefficient (Wildman–Crippen LogP) is 2.39. The van der Waals surface area contributed by atoms with Crippen LogP contribution in [0.4, 0.5) is 0 Å². The Balaban J connectivity index is 2.30. The molecule has 15 heavy (non-hydrogen) atoms. The maximum atomic E-state index is 6.10. The fraction of sp³-hybridized carbons (Fsp3) is 1.00. The number of hydrogen-bond donors (Lipinski definition) is 2. The highest BCUT2D eigenvalue weighted by molar-refractivity contribution is 5.12. The molecule has 0 aromatic heterocycles. The summed E-state index contributed by atoms with van der Waals surface area (Å²) in [4.78, 5) is 0. The van der Waals surface area contributed by atoms with Gasteiger partial charge in [-0.1, -0.05) is 34.6 Å². The van der Waals surface area contributed by atoms with Gasteiger partial charge in [0.25, 0.3) is 0 Å². The van der Waals surface area contributed by atoms with Crippen LogP contribution in [0.5, 0.6) is 0 Å². The van der Waals surface area contributed by atoms with Crippen LogP contribution in [0.15, 0.2) is 0 Å². The van der Waals surface area contributed by atoms with Crippen molar-refractivity contribution in [3.8, 4) is 0 Å². The zero-order valence-electron chi connectivity index (χ0n) is 11.3. The van der Waals surface area contributed by atoms with E-state index >= 15 is 0 Å². The molecule has 1 rings (SSSR count). The van der Waals surface area contributed by atoms with Crippen molar-refractivity contribution in [1.82, 2.24) is 5.32 Å². The van der Waals surface area contributed by atoms with E-state index < -0.39 is 0 Å². The third-order valence-electron chi connectivity index (χ3n) is 5.00. The SMILES string of the molecule is CCC(C)(N)CNCC1C(C)(C)C1(C)C. The third kappa shape index (κ3) is 2.36. The first-order valence-electron chi connectivity index (χ1n) is 6.15.